The second-order valence-electron chi connectivity index (χ2n) is 5.76. The molecule has 2 aromatic heterocycles. The van der Waals surface area contributed by atoms with E-state index in [1.807, 2.05) is 0 Å². The molecule has 3 rings (SSSR count). The zero-order valence-corrected chi connectivity index (χ0v) is 15.7. The third-order valence-electron chi connectivity index (χ3n) is 4.09. The van der Waals surface area contributed by atoms with Crippen molar-refractivity contribution in [2.24, 2.45) is 5.73 Å². The number of primary amides is 1. The van der Waals surface area contributed by atoms with Crippen molar-refractivity contribution in [1.82, 2.24) is 14.5 Å². The number of thiophene rings is 1. The molecule has 0 atom stereocenters. The zero-order chi connectivity index (χ0) is 18.9. The molecule has 3 heterocycles. The number of H-pyrrole nitrogens is 1. The average Bonchev–Trinajstić information content (AvgIpc) is 3.24. The molecule has 2 aromatic rings. The van der Waals surface area contributed by atoms with Gasteiger partial charge in [0.2, 0.25) is 5.91 Å². The number of Topliss-reactive ketones (excluding diaryl/α,β-unsaturated/α-hetero) is 1. The molecule has 0 spiro atoms. The van der Waals surface area contributed by atoms with Gasteiger partial charge in [0.25, 0.3) is 10.0 Å². The van der Waals surface area contributed by atoms with Gasteiger partial charge in [-0.15, -0.1) is 11.3 Å². The first-order valence-electron chi connectivity index (χ1n) is 7.85. The summed E-state index contributed by atoms with van der Waals surface area (Å²) in [6.07, 6.45) is 1.31. The molecule has 0 saturated carbocycles. The summed E-state index contributed by atoms with van der Waals surface area (Å²) in [5.41, 5.74) is 6.11. The van der Waals surface area contributed by atoms with Crippen molar-refractivity contribution in [3.05, 3.63) is 34.0 Å². The van der Waals surface area contributed by atoms with E-state index in [-0.39, 0.29) is 46.3 Å². The number of hydrogen-bond acceptors (Lipinski definition) is 7. The van der Waals surface area contributed by atoms with Crippen LogP contribution in [0, 0.1) is 6.92 Å². The standard InChI is InChI=1S/C15H18N4O5S2/c1-9-13(14(16)21)12(8-11(20)10-2-3-17-18-10)25-15(9)26(22,23)19-4-6-24-7-5-19/h2-3H,4-8H2,1H3,(H2,16,21)(H,17,18). The summed E-state index contributed by atoms with van der Waals surface area (Å²) >= 11 is 0.914. The molecular formula is C15H18N4O5S2. The van der Waals surface area contributed by atoms with Crippen LogP contribution in [0.4, 0.5) is 0 Å². The molecule has 140 valence electrons. The summed E-state index contributed by atoms with van der Waals surface area (Å²) in [6.45, 7) is 2.66. The zero-order valence-electron chi connectivity index (χ0n) is 14.0. The van der Waals surface area contributed by atoms with Crippen LogP contribution in [-0.4, -0.2) is 60.9 Å². The van der Waals surface area contributed by atoms with Gasteiger partial charge in [-0.05, 0) is 18.6 Å². The van der Waals surface area contributed by atoms with Crippen molar-refractivity contribution in [3.63, 3.8) is 0 Å². The summed E-state index contributed by atoms with van der Waals surface area (Å²) in [5, 5.41) is 6.27. The summed E-state index contributed by atoms with van der Waals surface area (Å²) in [6, 6.07) is 1.51. The molecule has 0 unspecified atom stereocenters. The number of morpholine rings is 1. The quantitative estimate of drug-likeness (QED) is 0.673. The van der Waals surface area contributed by atoms with Gasteiger partial charge in [0, 0.05) is 30.6 Å². The maximum Gasteiger partial charge on any atom is 0.253 e. The van der Waals surface area contributed by atoms with Crippen LogP contribution in [0.3, 0.4) is 0 Å². The molecule has 1 saturated heterocycles. The number of rotatable bonds is 6. The van der Waals surface area contributed by atoms with Gasteiger partial charge in [-0.1, -0.05) is 0 Å². The van der Waals surface area contributed by atoms with Crippen LogP contribution in [0.1, 0.15) is 31.3 Å². The van der Waals surface area contributed by atoms with E-state index in [9.17, 15) is 18.0 Å². The lowest BCUT2D eigenvalue weighted by molar-refractivity contribution is 0.0731. The molecule has 0 aliphatic carbocycles. The normalized spacial score (nSPS) is 15.9. The van der Waals surface area contributed by atoms with E-state index in [0.29, 0.717) is 18.1 Å². The Hall–Kier alpha value is -2.08. The first-order chi connectivity index (χ1) is 12.3. The van der Waals surface area contributed by atoms with Gasteiger partial charge in [-0.3, -0.25) is 14.7 Å². The van der Waals surface area contributed by atoms with E-state index in [0.717, 1.165) is 11.3 Å². The number of aromatic amines is 1. The number of aromatic nitrogens is 2. The molecule has 0 radical (unpaired) electrons. The summed E-state index contributed by atoms with van der Waals surface area (Å²) in [5.74, 6) is -1.06. The molecule has 11 heteroatoms. The van der Waals surface area contributed by atoms with E-state index < -0.39 is 15.9 Å². The number of ether oxygens (including phenoxy) is 1. The van der Waals surface area contributed by atoms with Crippen molar-refractivity contribution < 1.29 is 22.7 Å². The molecule has 1 aliphatic rings. The Balaban J connectivity index is 1.99. The predicted molar refractivity (Wildman–Crippen MR) is 93.8 cm³/mol. The Labute approximate surface area is 154 Å². The van der Waals surface area contributed by atoms with Crippen LogP contribution in [-0.2, 0) is 21.2 Å². The van der Waals surface area contributed by atoms with Gasteiger partial charge in [-0.25, -0.2) is 8.42 Å². The molecule has 26 heavy (non-hydrogen) atoms. The molecule has 9 nitrogen and oxygen atoms in total. The van der Waals surface area contributed by atoms with Crippen LogP contribution in [0.5, 0.6) is 0 Å². The molecular weight excluding hydrogens is 380 g/mol. The van der Waals surface area contributed by atoms with Crippen LogP contribution in [0.15, 0.2) is 16.5 Å². The number of ketones is 1. The maximum atomic E-state index is 12.9. The largest absolute Gasteiger partial charge is 0.379 e. The topological polar surface area (TPSA) is 135 Å². The first-order valence-corrected chi connectivity index (χ1v) is 10.1. The fourth-order valence-electron chi connectivity index (χ4n) is 2.80. The highest BCUT2D eigenvalue weighted by Crippen LogP contribution is 2.34. The number of nitrogens with one attached hydrogen (secondary N) is 1. The van der Waals surface area contributed by atoms with E-state index in [2.05, 4.69) is 10.2 Å². The van der Waals surface area contributed by atoms with Gasteiger partial charge in [0.15, 0.2) is 5.78 Å². The number of carbonyl (C=O) groups excluding carboxylic acids is 2. The molecule has 0 bridgehead atoms. The smallest absolute Gasteiger partial charge is 0.253 e. The third kappa shape index (κ3) is 3.43. The monoisotopic (exact) mass is 398 g/mol. The Bertz CT molecular complexity index is 928. The molecule has 0 aromatic carbocycles. The Kier molecular flexibility index (Phi) is 5.23. The van der Waals surface area contributed by atoms with Gasteiger partial charge >= 0.3 is 0 Å². The van der Waals surface area contributed by atoms with Crippen LogP contribution in [0.2, 0.25) is 0 Å². The highest BCUT2D eigenvalue weighted by Gasteiger charge is 2.33. The van der Waals surface area contributed by atoms with Gasteiger partial charge in [0.05, 0.1) is 18.8 Å². The third-order valence-corrected chi connectivity index (χ3v) is 7.88. The number of hydrogen-bond donors (Lipinski definition) is 2. The van der Waals surface area contributed by atoms with Crippen molar-refractivity contribution in [3.8, 4) is 0 Å². The average molecular weight is 398 g/mol. The van der Waals surface area contributed by atoms with Crippen molar-refractivity contribution in [2.45, 2.75) is 17.6 Å². The molecule has 1 fully saturated rings. The minimum absolute atomic E-state index is 0.0422. The Morgan fingerprint density at radius 3 is 2.65 bits per heavy atom. The SMILES string of the molecule is Cc1c(S(=O)(=O)N2CCOCC2)sc(CC(=O)c2ccn[nH]2)c1C(N)=O. The Morgan fingerprint density at radius 1 is 1.38 bits per heavy atom. The Morgan fingerprint density at radius 2 is 2.08 bits per heavy atom. The maximum absolute atomic E-state index is 12.9. The van der Waals surface area contributed by atoms with Crippen LogP contribution < -0.4 is 5.73 Å². The summed E-state index contributed by atoms with van der Waals surface area (Å²) in [4.78, 5) is 24.6. The first kappa shape index (κ1) is 18.7. The molecule has 1 amide bonds. The predicted octanol–water partition coefficient (Wildman–Crippen LogP) is 0.325. The van der Waals surface area contributed by atoms with E-state index in [1.165, 1.54) is 23.5 Å². The highest BCUT2D eigenvalue weighted by molar-refractivity contribution is 7.91. The minimum atomic E-state index is -3.78. The van der Waals surface area contributed by atoms with Gasteiger partial charge in [0.1, 0.15) is 9.90 Å². The lowest BCUT2D eigenvalue weighted by Gasteiger charge is -2.25. The van der Waals surface area contributed by atoms with E-state index >= 15 is 0 Å². The number of amides is 1. The number of nitrogens with two attached hydrogens (primary N) is 1. The van der Waals surface area contributed by atoms with Crippen LogP contribution in [0.25, 0.3) is 0 Å². The van der Waals surface area contributed by atoms with Crippen LogP contribution >= 0.6 is 11.3 Å². The number of sulfonamides is 1. The molecule has 1 aliphatic heterocycles. The highest BCUT2D eigenvalue weighted by atomic mass is 32.2. The van der Waals surface area contributed by atoms with E-state index in [1.54, 1.807) is 0 Å². The lowest BCUT2D eigenvalue weighted by Crippen LogP contribution is -2.40. The fraction of sp³-hybridized carbons (Fsp3) is 0.400. The fourth-order valence-corrected chi connectivity index (χ4v) is 6.23. The number of carbonyl (C=O) groups is 2. The summed E-state index contributed by atoms with van der Waals surface area (Å²) < 4.78 is 32.4. The molecule has 3 N–H and O–H groups in total. The number of nitrogens with zero attached hydrogens (tertiary/aromatic N) is 2. The lowest BCUT2D eigenvalue weighted by atomic mass is 10.1. The second kappa shape index (κ2) is 7.27. The van der Waals surface area contributed by atoms with Gasteiger partial charge < -0.3 is 10.5 Å². The van der Waals surface area contributed by atoms with Crippen molar-refractivity contribution in [2.75, 3.05) is 26.3 Å². The summed E-state index contributed by atoms with van der Waals surface area (Å²) in [7, 11) is -3.78. The van der Waals surface area contributed by atoms with E-state index in [4.69, 9.17) is 10.5 Å². The minimum Gasteiger partial charge on any atom is -0.379 e. The second-order valence-corrected chi connectivity index (χ2v) is 9.00. The van der Waals surface area contributed by atoms with Crippen molar-refractivity contribution in [1.29, 1.82) is 0 Å². The van der Waals surface area contributed by atoms with Gasteiger partial charge in [-0.2, -0.15) is 9.40 Å². The van der Waals surface area contributed by atoms with Crippen molar-refractivity contribution >= 4 is 33.1 Å².